The monoisotopic (exact) mass is 360 g/mol. The highest BCUT2D eigenvalue weighted by molar-refractivity contribution is 7.09. The molecule has 0 amide bonds. The first kappa shape index (κ1) is 17.9. The molecular weight excluding hydrogens is 336 g/mol. The lowest BCUT2D eigenvalue weighted by atomic mass is 10.2. The van der Waals surface area contributed by atoms with Gasteiger partial charge in [-0.2, -0.15) is 0 Å². The zero-order valence-electron chi connectivity index (χ0n) is 14.3. The van der Waals surface area contributed by atoms with E-state index in [1.165, 1.54) is 16.9 Å². The van der Waals surface area contributed by atoms with Crippen molar-refractivity contribution in [2.24, 2.45) is 0 Å². The van der Waals surface area contributed by atoms with Crippen molar-refractivity contribution in [2.75, 3.05) is 32.8 Å². The molecular formula is C19H24N2O3S. The molecule has 2 heterocycles. The molecule has 134 valence electrons. The SMILES string of the molecule is O=C(O)COc1ccc(CN2CCCN(Cc3cccs3)CC2)cc1. The van der Waals surface area contributed by atoms with Crippen molar-refractivity contribution in [2.45, 2.75) is 19.5 Å². The van der Waals surface area contributed by atoms with Gasteiger partial charge in [0, 0.05) is 31.1 Å². The standard InChI is InChI=1S/C19H24N2O3S/c22-19(23)15-24-17-6-4-16(5-7-17)13-20-8-2-9-21(11-10-20)14-18-3-1-12-25-18/h1,3-7,12H,2,8-11,13-15H2,(H,22,23). The molecule has 1 fully saturated rings. The summed E-state index contributed by atoms with van der Waals surface area (Å²) in [5.74, 6) is -0.357. The average Bonchev–Trinajstić information content (AvgIpc) is 3.02. The van der Waals surface area contributed by atoms with Gasteiger partial charge in [0.25, 0.3) is 0 Å². The van der Waals surface area contributed by atoms with E-state index in [0.717, 1.165) is 39.3 Å². The smallest absolute Gasteiger partial charge is 0.341 e. The van der Waals surface area contributed by atoms with Crippen LogP contribution >= 0.6 is 11.3 Å². The van der Waals surface area contributed by atoms with Crippen LogP contribution in [0.2, 0.25) is 0 Å². The molecule has 0 atom stereocenters. The zero-order valence-corrected chi connectivity index (χ0v) is 15.1. The molecule has 0 radical (unpaired) electrons. The minimum Gasteiger partial charge on any atom is -0.482 e. The second kappa shape index (κ2) is 8.99. The number of ether oxygens (including phenoxy) is 1. The van der Waals surface area contributed by atoms with Gasteiger partial charge in [0.15, 0.2) is 6.61 Å². The van der Waals surface area contributed by atoms with Crippen LogP contribution in [0.1, 0.15) is 16.9 Å². The summed E-state index contributed by atoms with van der Waals surface area (Å²) in [7, 11) is 0. The van der Waals surface area contributed by atoms with Crippen LogP contribution in [-0.4, -0.2) is 53.7 Å². The lowest BCUT2D eigenvalue weighted by molar-refractivity contribution is -0.139. The highest BCUT2D eigenvalue weighted by Gasteiger charge is 2.15. The van der Waals surface area contributed by atoms with Crippen molar-refractivity contribution in [3.05, 3.63) is 52.2 Å². The van der Waals surface area contributed by atoms with Crippen molar-refractivity contribution in [3.8, 4) is 5.75 Å². The fourth-order valence-electron chi connectivity index (χ4n) is 3.06. The second-order valence-corrected chi connectivity index (χ2v) is 7.34. The van der Waals surface area contributed by atoms with Gasteiger partial charge in [-0.15, -0.1) is 11.3 Å². The molecule has 0 bridgehead atoms. The maximum Gasteiger partial charge on any atom is 0.341 e. The van der Waals surface area contributed by atoms with E-state index in [1.807, 2.05) is 35.6 Å². The molecule has 6 heteroatoms. The van der Waals surface area contributed by atoms with E-state index < -0.39 is 5.97 Å². The molecule has 1 aliphatic heterocycles. The fourth-order valence-corrected chi connectivity index (χ4v) is 3.80. The van der Waals surface area contributed by atoms with Crippen LogP contribution in [0.4, 0.5) is 0 Å². The highest BCUT2D eigenvalue weighted by atomic mass is 32.1. The Morgan fingerprint density at radius 3 is 2.40 bits per heavy atom. The molecule has 0 saturated carbocycles. The molecule has 1 aromatic carbocycles. The lowest BCUT2D eigenvalue weighted by Crippen LogP contribution is -2.30. The van der Waals surface area contributed by atoms with E-state index in [9.17, 15) is 4.79 Å². The predicted molar refractivity (Wildman–Crippen MR) is 99.1 cm³/mol. The Bertz CT molecular complexity index is 658. The number of hydrogen-bond acceptors (Lipinski definition) is 5. The molecule has 1 saturated heterocycles. The Labute approximate surface area is 152 Å². The Hall–Kier alpha value is -1.89. The Morgan fingerprint density at radius 1 is 1.04 bits per heavy atom. The van der Waals surface area contributed by atoms with E-state index in [1.54, 1.807) is 0 Å². The first-order chi connectivity index (χ1) is 12.2. The molecule has 1 aliphatic rings. The van der Waals surface area contributed by atoms with E-state index in [-0.39, 0.29) is 6.61 Å². The molecule has 5 nitrogen and oxygen atoms in total. The fraction of sp³-hybridized carbons (Fsp3) is 0.421. The number of hydrogen-bond donors (Lipinski definition) is 1. The Balaban J connectivity index is 1.47. The van der Waals surface area contributed by atoms with E-state index in [0.29, 0.717) is 5.75 Å². The number of carboxylic acid groups (broad SMARTS) is 1. The first-order valence-electron chi connectivity index (χ1n) is 8.60. The minimum absolute atomic E-state index is 0.300. The zero-order chi connectivity index (χ0) is 17.5. The number of rotatable bonds is 7. The van der Waals surface area contributed by atoms with Gasteiger partial charge in [-0.25, -0.2) is 4.79 Å². The Morgan fingerprint density at radius 2 is 1.76 bits per heavy atom. The van der Waals surface area contributed by atoms with Crippen LogP contribution in [0.5, 0.6) is 5.75 Å². The van der Waals surface area contributed by atoms with Crippen LogP contribution in [-0.2, 0) is 17.9 Å². The highest BCUT2D eigenvalue weighted by Crippen LogP contribution is 2.16. The van der Waals surface area contributed by atoms with Gasteiger partial charge in [-0.05, 0) is 48.7 Å². The maximum absolute atomic E-state index is 10.5. The summed E-state index contributed by atoms with van der Waals surface area (Å²) in [6.45, 7) is 6.10. The molecule has 2 aromatic rings. The van der Waals surface area contributed by atoms with Crippen LogP contribution < -0.4 is 4.74 Å². The van der Waals surface area contributed by atoms with E-state index >= 15 is 0 Å². The van der Waals surface area contributed by atoms with Gasteiger partial charge in [0.2, 0.25) is 0 Å². The molecule has 1 aromatic heterocycles. The van der Waals surface area contributed by atoms with Crippen molar-refractivity contribution in [1.82, 2.24) is 9.80 Å². The summed E-state index contributed by atoms with van der Waals surface area (Å²) in [5, 5.41) is 10.8. The molecule has 0 spiro atoms. The predicted octanol–water partition coefficient (Wildman–Crippen LogP) is 2.92. The number of carboxylic acids is 1. The quantitative estimate of drug-likeness (QED) is 0.823. The summed E-state index contributed by atoms with van der Waals surface area (Å²) in [5.41, 5.74) is 1.23. The van der Waals surface area contributed by atoms with Gasteiger partial charge >= 0.3 is 5.97 Å². The van der Waals surface area contributed by atoms with Crippen LogP contribution in [0.15, 0.2) is 41.8 Å². The number of benzene rings is 1. The first-order valence-corrected chi connectivity index (χ1v) is 9.47. The number of aliphatic carboxylic acids is 1. The van der Waals surface area contributed by atoms with Gasteiger partial charge < -0.3 is 9.84 Å². The largest absolute Gasteiger partial charge is 0.482 e. The van der Waals surface area contributed by atoms with Crippen molar-refractivity contribution < 1.29 is 14.6 Å². The molecule has 0 unspecified atom stereocenters. The van der Waals surface area contributed by atoms with Crippen molar-refractivity contribution in [3.63, 3.8) is 0 Å². The summed E-state index contributed by atoms with van der Waals surface area (Å²) in [6, 6.07) is 12.1. The maximum atomic E-state index is 10.5. The normalized spacial score (nSPS) is 16.5. The topological polar surface area (TPSA) is 53.0 Å². The molecule has 1 N–H and O–H groups in total. The van der Waals surface area contributed by atoms with Crippen LogP contribution in [0.3, 0.4) is 0 Å². The lowest BCUT2D eigenvalue weighted by Gasteiger charge is -2.21. The third kappa shape index (κ3) is 5.85. The number of nitrogens with zero attached hydrogens (tertiary/aromatic N) is 2. The molecule has 3 rings (SSSR count). The van der Waals surface area contributed by atoms with E-state index in [4.69, 9.17) is 9.84 Å². The van der Waals surface area contributed by atoms with Gasteiger partial charge in [-0.3, -0.25) is 9.80 Å². The summed E-state index contributed by atoms with van der Waals surface area (Å²) in [6.07, 6.45) is 1.19. The van der Waals surface area contributed by atoms with Crippen molar-refractivity contribution in [1.29, 1.82) is 0 Å². The summed E-state index contributed by atoms with van der Waals surface area (Å²) < 4.78 is 5.18. The van der Waals surface area contributed by atoms with Crippen LogP contribution in [0.25, 0.3) is 0 Å². The number of carbonyl (C=O) groups is 1. The third-order valence-corrected chi connectivity index (χ3v) is 5.19. The molecule has 0 aliphatic carbocycles. The minimum atomic E-state index is -0.958. The summed E-state index contributed by atoms with van der Waals surface area (Å²) in [4.78, 5) is 17.0. The molecule has 25 heavy (non-hydrogen) atoms. The number of thiophene rings is 1. The third-order valence-electron chi connectivity index (χ3n) is 4.33. The van der Waals surface area contributed by atoms with Gasteiger partial charge in [0.05, 0.1) is 0 Å². The summed E-state index contributed by atoms with van der Waals surface area (Å²) >= 11 is 1.83. The van der Waals surface area contributed by atoms with Gasteiger partial charge in [-0.1, -0.05) is 18.2 Å². The van der Waals surface area contributed by atoms with Crippen molar-refractivity contribution >= 4 is 17.3 Å². The second-order valence-electron chi connectivity index (χ2n) is 6.31. The Kier molecular flexibility index (Phi) is 6.44. The van der Waals surface area contributed by atoms with E-state index in [2.05, 4.69) is 27.3 Å². The van der Waals surface area contributed by atoms with Crippen LogP contribution in [0, 0.1) is 0 Å². The van der Waals surface area contributed by atoms with Gasteiger partial charge in [0.1, 0.15) is 5.75 Å². The average molecular weight is 360 g/mol.